The minimum atomic E-state index is -0.579. The Morgan fingerprint density at radius 3 is 2.42 bits per heavy atom. The van der Waals surface area contributed by atoms with E-state index in [1.165, 1.54) is 24.3 Å². The normalized spacial score (nSPS) is 10.2. The number of nitrogen functional groups attached to an aromatic ring is 1. The maximum absolute atomic E-state index is 13.3. The Kier molecular flexibility index (Phi) is 3.33. The van der Waals surface area contributed by atoms with E-state index in [1.54, 1.807) is 19.1 Å². The van der Waals surface area contributed by atoms with Crippen molar-refractivity contribution in [2.75, 3.05) is 5.73 Å². The predicted octanol–water partition coefficient (Wildman–Crippen LogP) is 3.42. The van der Waals surface area contributed by atoms with Crippen LogP contribution in [-0.4, -0.2) is 4.92 Å². The summed E-state index contributed by atoms with van der Waals surface area (Å²) in [6.45, 7) is 1.64. The number of nitro benzene ring substituents is 1. The van der Waals surface area contributed by atoms with Crippen LogP contribution in [0.1, 0.15) is 5.56 Å². The smallest absolute Gasteiger partial charge is 0.292 e. The second kappa shape index (κ2) is 4.93. The first-order chi connectivity index (χ1) is 8.97. The molecule has 2 aromatic rings. The van der Waals surface area contributed by atoms with Gasteiger partial charge in [-0.25, -0.2) is 4.39 Å². The topological polar surface area (TPSA) is 78.4 Å². The van der Waals surface area contributed by atoms with E-state index in [4.69, 9.17) is 10.5 Å². The number of anilines is 1. The number of hydrogen-bond acceptors (Lipinski definition) is 4. The molecule has 19 heavy (non-hydrogen) atoms. The molecule has 0 aliphatic carbocycles. The summed E-state index contributed by atoms with van der Waals surface area (Å²) in [4.78, 5) is 10.0. The van der Waals surface area contributed by atoms with E-state index in [0.717, 1.165) is 0 Å². The van der Waals surface area contributed by atoms with Gasteiger partial charge in [-0.1, -0.05) is 6.07 Å². The van der Waals surface area contributed by atoms with Gasteiger partial charge in [-0.15, -0.1) is 0 Å². The largest absolute Gasteiger partial charge is 0.457 e. The van der Waals surface area contributed by atoms with Gasteiger partial charge in [-0.3, -0.25) is 10.1 Å². The molecule has 0 bridgehead atoms. The molecule has 0 fully saturated rings. The zero-order valence-electron chi connectivity index (χ0n) is 10.1. The third-order valence-electron chi connectivity index (χ3n) is 2.57. The predicted molar refractivity (Wildman–Crippen MR) is 68.7 cm³/mol. The molecule has 2 aromatic carbocycles. The molecule has 0 aliphatic rings. The molecular weight excluding hydrogens is 251 g/mol. The lowest BCUT2D eigenvalue weighted by Crippen LogP contribution is -1.96. The van der Waals surface area contributed by atoms with Crippen LogP contribution < -0.4 is 10.5 Å². The van der Waals surface area contributed by atoms with Crippen LogP contribution in [0.2, 0.25) is 0 Å². The highest BCUT2D eigenvalue weighted by Crippen LogP contribution is 2.29. The molecule has 0 heterocycles. The highest BCUT2D eigenvalue weighted by Gasteiger charge is 2.12. The third-order valence-corrected chi connectivity index (χ3v) is 2.57. The monoisotopic (exact) mass is 262 g/mol. The number of nitro groups is 1. The molecule has 0 aromatic heterocycles. The van der Waals surface area contributed by atoms with Crippen LogP contribution in [0.3, 0.4) is 0 Å². The van der Waals surface area contributed by atoms with Gasteiger partial charge in [0.15, 0.2) is 0 Å². The average Bonchev–Trinajstić information content (AvgIpc) is 2.33. The van der Waals surface area contributed by atoms with E-state index >= 15 is 0 Å². The number of aryl methyl sites for hydroxylation is 1. The molecule has 0 saturated heterocycles. The van der Waals surface area contributed by atoms with E-state index in [-0.39, 0.29) is 17.2 Å². The van der Waals surface area contributed by atoms with Gasteiger partial charge in [-0.2, -0.15) is 0 Å². The maximum atomic E-state index is 13.3. The lowest BCUT2D eigenvalue weighted by molar-refractivity contribution is -0.383. The Hall–Kier alpha value is -2.63. The minimum Gasteiger partial charge on any atom is -0.457 e. The summed E-state index contributed by atoms with van der Waals surface area (Å²) < 4.78 is 18.7. The molecule has 2 N–H and O–H groups in total. The van der Waals surface area contributed by atoms with E-state index in [9.17, 15) is 14.5 Å². The Balaban J connectivity index is 2.26. The molecule has 0 spiro atoms. The summed E-state index contributed by atoms with van der Waals surface area (Å²) in [6.07, 6.45) is 0. The van der Waals surface area contributed by atoms with Gasteiger partial charge < -0.3 is 10.5 Å². The molecule has 0 aliphatic heterocycles. The lowest BCUT2D eigenvalue weighted by Gasteiger charge is -2.07. The van der Waals surface area contributed by atoms with Gasteiger partial charge in [0.1, 0.15) is 23.0 Å². The zero-order valence-corrected chi connectivity index (χ0v) is 10.1. The van der Waals surface area contributed by atoms with Crippen LogP contribution in [0.15, 0.2) is 36.4 Å². The molecule has 0 radical (unpaired) electrons. The van der Waals surface area contributed by atoms with Gasteiger partial charge in [-0.05, 0) is 24.6 Å². The van der Waals surface area contributed by atoms with Gasteiger partial charge in [0, 0.05) is 18.2 Å². The molecule has 5 nitrogen and oxygen atoms in total. The first-order valence-corrected chi connectivity index (χ1v) is 5.45. The number of ether oxygens (including phenoxy) is 1. The van der Waals surface area contributed by atoms with Gasteiger partial charge in [0.25, 0.3) is 5.69 Å². The lowest BCUT2D eigenvalue weighted by atomic mass is 10.2. The summed E-state index contributed by atoms with van der Waals surface area (Å²) in [6, 6.07) is 8.42. The Labute approximate surface area is 108 Å². The van der Waals surface area contributed by atoms with Gasteiger partial charge in [0.2, 0.25) is 0 Å². The SMILES string of the molecule is Cc1ccc(Oc2ccc([N+](=O)[O-])c(N)c2)cc1F. The number of hydrogen-bond donors (Lipinski definition) is 1. The number of nitrogens with two attached hydrogens (primary N) is 1. The third kappa shape index (κ3) is 2.79. The van der Waals surface area contributed by atoms with Crippen LogP contribution >= 0.6 is 0 Å². The highest BCUT2D eigenvalue weighted by molar-refractivity contribution is 5.61. The highest BCUT2D eigenvalue weighted by atomic mass is 19.1. The van der Waals surface area contributed by atoms with Crippen molar-refractivity contribution in [3.05, 3.63) is 57.9 Å². The minimum absolute atomic E-state index is 0.00455. The number of halogens is 1. The first-order valence-electron chi connectivity index (χ1n) is 5.45. The molecular formula is C13H11FN2O3. The fourth-order valence-electron chi connectivity index (χ4n) is 1.54. The van der Waals surface area contributed by atoms with E-state index in [1.807, 2.05) is 0 Å². The first kappa shape index (κ1) is 12.8. The van der Waals surface area contributed by atoms with Crippen LogP contribution in [0.5, 0.6) is 11.5 Å². The van der Waals surface area contributed by atoms with Crippen molar-refractivity contribution >= 4 is 11.4 Å². The Morgan fingerprint density at radius 1 is 1.21 bits per heavy atom. The fraction of sp³-hybridized carbons (Fsp3) is 0.0769. The second-order valence-electron chi connectivity index (χ2n) is 3.99. The summed E-state index contributed by atoms with van der Waals surface area (Å²) in [7, 11) is 0. The standard InChI is InChI=1S/C13H11FN2O3/c1-8-2-3-9(6-11(8)14)19-10-4-5-13(16(17)18)12(15)7-10/h2-7H,15H2,1H3. The summed E-state index contributed by atoms with van der Waals surface area (Å²) in [5, 5.41) is 10.6. The van der Waals surface area contributed by atoms with E-state index in [2.05, 4.69) is 0 Å². The quantitative estimate of drug-likeness (QED) is 0.522. The van der Waals surface area contributed by atoms with Crippen LogP contribution in [0.25, 0.3) is 0 Å². The van der Waals surface area contributed by atoms with Crippen molar-refractivity contribution in [1.82, 2.24) is 0 Å². The van der Waals surface area contributed by atoms with Crippen molar-refractivity contribution in [2.45, 2.75) is 6.92 Å². The van der Waals surface area contributed by atoms with E-state index in [0.29, 0.717) is 17.1 Å². The van der Waals surface area contributed by atoms with E-state index < -0.39 is 4.92 Å². The maximum Gasteiger partial charge on any atom is 0.292 e. The van der Waals surface area contributed by atoms with Crippen molar-refractivity contribution < 1.29 is 14.1 Å². The number of nitrogens with zero attached hydrogens (tertiary/aromatic N) is 1. The van der Waals surface area contributed by atoms with Gasteiger partial charge >= 0.3 is 0 Å². The average molecular weight is 262 g/mol. The summed E-state index contributed by atoms with van der Waals surface area (Å²) >= 11 is 0. The summed E-state index contributed by atoms with van der Waals surface area (Å²) in [5.74, 6) is 0.232. The van der Waals surface area contributed by atoms with Crippen molar-refractivity contribution in [2.24, 2.45) is 0 Å². The van der Waals surface area contributed by atoms with Crippen molar-refractivity contribution in [3.63, 3.8) is 0 Å². The Morgan fingerprint density at radius 2 is 1.84 bits per heavy atom. The molecule has 2 rings (SSSR count). The zero-order chi connectivity index (χ0) is 14.0. The Bertz CT molecular complexity index is 644. The van der Waals surface area contributed by atoms with Crippen molar-refractivity contribution in [1.29, 1.82) is 0 Å². The molecule has 0 amide bonds. The molecule has 6 heteroatoms. The second-order valence-corrected chi connectivity index (χ2v) is 3.99. The number of rotatable bonds is 3. The van der Waals surface area contributed by atoms with Crippen molar-refractivity contribution in [3.8, 4) is 11.5 Å². The van der Waals surface area contributed by atoms with Crippen LogP contribution in [-0.2, 0) is 0 Å². The molecule has 0 atom stereocenters. The molecule has 0 saturated carbocycles. The van der Waals surface area contributed by atoms with Crippen LogP contribution in [0, 0.1) is 22.9 Å². The molecule has 0 unspecified atom stereocenters. The molecule has 98 valence electrons. The number of benzene rings is 2. The fourth-order valence-corrected chi connectivity index (χ4v) is 1.54. The summed E-state index contributed by atoms with van der Waals surface area (Å²) in [5.41, 5.74) is 5.85. The van der Waals surface area contributed by atoms with Crippen LogP contribution in [0.4, 0.5) is 15.8 Å². The van der Waals surface area contributed by atoms with Gasteiger partial charge in [0.05, 0.1) is 4.92 Å².